The molecule has 5 nitrogen and oxygen atoms in total. The molecule has 0 radical (unpaired) electrons. The lowest BCUT2D eigenvalue weighted by molar-refractivity contribution is -0.137. The molecular formula is C18H36N2O3. The fraction of sp³-hybridized carbons (Fsp3) is 0.889. The van der Waals surface area contributed by atoms with Gasteiger partial charge in [0.15, 0.2) is 0 Å². The summed E-state index contributed by atoms with van der Waals surface area (Å²) < 4.78 is 0. The molecule has 0 aliphatic rings. The molecule has 0 saturated carbocycles. The van der Waals surface area contributed by atoms with E-state index in [9.17, 15) is 9.59 Å². The van der Waals surface area contributed by atoms with Crippen LogP contribution in [0.5, 0.6) is 0 Å². The van der Waals surface area contributed by atoms with Crippen LogP contribution in [0.25, 0.3) is 0 Å². The Kier molecular flexibility index (Phi) is 13.8. The van der Waals surface area contributed by atoms with Crippen LogP contribution in [0.4, 0.5) is 0 Å². The van der Waals surface area contributed by atoms with Crippen molar-refractivity contribution in [1.29, 1.82) is 0 Å². The van der Waals surface area contributed by atoms with Gasteiger partial charge in [-0.15, -0.1) is 0 Å². The highest BCUT2D eigenvalue weighted by atomic mass is 16.4. The van der Waals surface area contributed by atoms with Crippen LogP contribution in [0.15, 0.2) is 0 Å². The van der Waals surface area contributed by atoms with Crippen molar-refractivity contribution in [3.8, 4) is 0 Å². The van der Waals surface area contributed by atoms with Gasteiger partial charge in [-0.3, -0.25) is 9.59 Å². The molecule has 0 aliphatic carbocycles. The van der Waals surface area contributed by atoms with E-state index in [4.69, 9.17) is 10.8 Å². The van der Waals surface area contributed by atoms with Crippen molar-refractivity contribution in [2.24, 2.45) is 11.7 Å². The van der Waals surface area contributed by atoms with Crippen LogP contribution in [0, 0.1) is 5.92 Å². The average molecular weight is 328 g/mol. The number of amides is 1. The molecule has 0 aromatic rings. The highest BCUT2D eigenvalue weighted by Gasteiger charge is 2.13. The zero-order chi connectivity index (χ0) is 17.5. The summed E-state index contributed by atoms with van der Waals surface area (Å²) >= 11 is 0. The minimum atomic E-state index is -0.692. The van der Waals surface area contributed by atoms with E-state index in [0.717, 1.165) is 45.1 Å². The van der Waals surface area contributed by atoms with Gasteiger partial charge in [0.2, 0.25) is 5.91 Å². The molecule has 0 bridgehead atoms. The topological polar surface area (TPSA) is 92.4 Å². The van der Waals surface area contributed by atoms with Crippen molar-refractivity contribution in [1.82, 2.24) is 5.32 Å². The van der Waals surface area contributed by atoms with Gasteiger partial charge in [-0.1, -0.05) is 58.8 Å². The Morgan fingerprint density at radius 2 is 1.39 bits per heavy atom. The third-order valence-electron chi connectivity index (χ3n) is 3.93. The maximum Gasteiger partial charge on any atom is 0.303 e. The molecule has 136 valence electrons. The number of rotatable bonds is 15. The van der Waals surface area contributed by atoms with Crippen LogP contribution in [-0.4, -0.2) is 29.6 Å². The van der Waals surface area contributed by atoms with Crippen LogP contribution >= 0.6 is 0 Å². The first-order valence-electron chi connectivity index (χ1n) is 9.18. The van der Waals surface area contributed by atoms with Crippen molar-refractivity contribution in [3.63, 3.8) is 0 Å². The van der Waals surface area contributed by atoms with E-state index >= 15 is 0 Å². The maximum absolute atomic E-state index is 11.7. The van der Waals surface area contributed by atoms with Gasteiger partial charge in [0.25, 0.3) is 0 Å². The van der Waals surface area contributed by atoms with Crippen LogP contribution in [0.1, 0.15) is 84.5 Å². The number of carbonyl (C=O) groups is 2. The van der Waals surface area contributed by atoms with Crippen molar-refractivity contribution in [2.45, 2.75) is 90.5 Å². The second-order valence-corrected chi connectivity index (χ2v) is 6.85. The van der Waals surface area contributed by atoms with E-state index in [1.807, 2.05) is 0 Å². The Labute approximate surface area is 141 Å². The van der Waals surface area contributed by atoms with Gasteiger partial charge in [-0.2, -0.15) is 0 Å². The zero-order valence-corrected chi connectivity index (χ0v) is 15.0. The molecule has 0 saturated heterocycles. The van der Waals surface area contributed by atoms with Crippen LogP contribution < -0.4 is 11.1 Å². The fourth-order valence-corrected chi connectivity index (χ4v) is 2.60. The van der Waals surface area contributed by atoms with Gasteiger partial charge in [0.05, 0.1) is 6.04 Å². The Morgan fingerprint density at radius 1 is 0.913 bits per heavy atom. The summed E-state index contributed by atoms with van der Waals surface area (Å²) in [5.74, 6) is -0.276. The molecule has 23 heavy (non-hydrogen) atoms. The number of nitrogens with two attached hydrogens (primary N) is 1. The predicted octanol–water partition coefficient (Wildman–Crippen LogP) is 3.46. The van der Waals surface area contributed by atoms with Crippen molar-refractivity contribution in [3.05, 3.63) is 0 Å². The Balaban J connectivity index is 3.27. The minimum absolute atomic E-state index is 0.0277. The number of unbranched alkanes of at least 4 members (excludes halogenated alkanes) is 8. The summed E-state index contributed by atoms with van der Waals surface area (Å²) in [6.45, 7) is 4.86. The minimum Gasteiger partial charge on any atom is -0.481 e. The van der Waals surface area contributed by atoms with Crippen molar-refractivity contribution < 1.29 is 14.7 Å². The SMILES string of the molecule is CC(C)C[C@H](N)C(=O)NCCCCCCCCCCCC(=O)O. The Morgan fingerprint density at radius 3 is 1.87 bits per heavy atom. The lowest BCUT2D eigenvalue weighted by atomic mass is 10.0. The van der Waals surface area contributed by atoms with Gasteiger partial charge in [0, 0.05) is 13.0 Å². The second-order valence-electron chi connectivity index (χ2n) is 6.85. The quantitative estimate of drug-likeness (QED) is 0.401. The summed E-state index contributed by atoms with van der Waals surface area (Å²) in [6, 6.07) is -0.379. The summed E-state index contributed by atoms with van der Waals surface area (Å²) in [5.41, 5.74) is 5.82. The molecule has 0 unspecified atom stereocenters. The summed E-state index contributed by atoms with van der Waals surface area (Å²) in [5, 5.41) is 11.4. The fourth-order valence-electron chi connectivity index (χ4n) is 2.60. The number of aliphatic carboxylic acids is 1. The number of hydrogen-bond donors (Lipinski definition) is 3. The highest BCUT2D eigenvalue weighted by Crippen LogP contribution is 2.10. The largest absolute Gasteiger partial charge is 0.481 e. The molecule has 0 spiro atoms. The summed E-state index contributed by atoms with van der Waals surface area (Å²) in [7, 11) is 0. The normalized spacial score (nSPS) is 12.3. The standard InChI is InChI=1S/C18H36N2O3/c1-15(2)14-16(19)18(23)20-13-11-9-7-5-3-4-6-8-10-12-17(21)22/h15-16H,3-14,19H2,1-2H3,(H,20,23)(H,21,22)/t16-/m0/s1. The Hall–Kier alpha value is -1.10. The van der Waals surface area contributed by atoms with E-state index in [-0.39, 0.29) is 11.9 Å². The number of carbonyl (C=O) groups excluding carboxylic acids is 1. The number of nitrogens with one attached hydrogen (secondary N) is 1. The van der Waals surface area contributed by atoms with E-state index in [2.05, 4.69) is 19.2 Å². The van der Waals surface area contributed by atoms with Crippen LogP contribution in [0.2, 0.25) is 0 Å². The third kappa shape index (κ3) is 15.6. The second kappa shape index (κ2) is 14.5. The van der Waals surface area contributed by atoms with E-state index in [1.54, 1.807) is 0 Å². The predicted molar refractivity (Wildman–Crippen MR) is 94.2 cm³/mol. The van der Waals surface area contributed by atoms with Gasteiger partial charge in [-0.25, -0.2) is 0 Å². The molecule has 5 heteroatoms. The number of carboxylic acid groups (broad SMARTS) is 1. The molecule has 1 atom stereocenters. The molecule has 0 aromatic carbocycles. The molecule has 0 rings (SSSR count). The van der Waals surface area contributed by atoms with Gasteiger partial charge in [-0.05, 0) is 25.2 Å². The summed E-state index contributed by atoms with van der Waals surface area (Å²) in [6.07, 6.45) is 11.0. The third-order valence-corrected chi connectivity index (χ3v) is 3.93. The smallest absolute Gasteiger partial charge is 0.303 e. The van der Waals surface area contributed by atoms with Gasteiger partial charge >= 0.3 is 5.97 Å². The maximum atomic E-state index is 11.7. The lowest BCUT2D eigenvalue weighted by Gasteiger charge is -2.14. The highest BCUT2D eigenvalue weighted by molar-refractivity contribution is 5.81. The van der Waals surface area contributed by atoms with E-state index < -0.39 is 5.97 Å². The molecule has 0 aliphatic heterocycles. The molecule has 4 N–H and O–H groups in total. The summed E-state index contributed by atoms with van der Waals surface area (Å²) in [4.78, 5) is 22.1. The average Bonchev–Trinajstić information content (AvgIpc) is 2.47. The number of hydrogen-bond acceptors (Lipinski definition) is 3. The Bertz CT molecular complexity index is 319. The monoisotopic (exact) mass is 328 g/mol. The first kappa shape index (κ1) is 21.9. The molecular weight excluding hydrogens is 292 g/mol. The first-order valence-corrected chi connectivity index (χ1v) is 9.18. The van der Waals surface area contributed by atoms with Crippen LogP contribution in [-0.2, 0) is 9.59 Å². The van der Waals surface area contributed by atoms with Gasteiger partial charge in [0.1, 0.15) is 0 Å². The first-order chi connectivity index (χ1) is 10.9. The zero-order valence-electron chi connectivity index (χ0n) is 15.0. The van der Waals surface area contributed by atoms with E-state index in [0.29, 0.717) is 12.3 Å². The molecule has 0 fully saturated rings. The number of carboxylic acids is 1. The van der Waals surface area contributed by atoms with Crippen LogP contribution in [0.3, 0.4) is 0 Å². The van der Waals surface area contributed by atoms with E-state index in [1.165, 1.54) is 25.7 Å². The van der Waals surface area contributed by atoms with Crippen molar-refractivity contribution in [2.75, 3.05) is 6.54 Å². The molecule has 0 aromatic heterocycles. The van der Waals surface area contributed by atoms with Gasteiger partial charge < -0.3 is 16.2 Å². The van der Waals surface area contributed by atoms with Crippen molar-refractivity contribution >= 4 is 11.9 Å². The molecule has 1 amide bonds. The lowest BCUT2D eigenvalue weighted by Crippen LogP contribution is -2.41. The molecule has 0 heterocycles.